The highest BCUT2D eigenvalue weighted by Crippen LogP contribution is 2.29. The third kappa shape index (κ3) is 6.85. The van der Waals surface area contributed by atoms with Crippen molar-refractivity contribution >= 4 is 15.9 Å². The van der Waals surface area contributed by atoms with Gasteiger partial charge in [0.25, 0.3) is 0 Å². The number of benzene rings is 1. The lowest BCUT2D eigenvalue weighted by molar-refractivity contribution is -0.129. The van der Waals surface area contributed by atoms with Gasteiger partial charge in [-0.2, -0.15) is 0 Å². The van der Waals surface area contributed by atoms with E-state index in [0.29, 0.717) is 31.2 Å². The van der Waals surface area contributed by atoms with E-state index in [1.807, 2.05) is 24.3 Å². The number of H-pyrrole nitrogens is 1. The lowest BCUT2D eigenvalue weighted by Crippen LogP contribution is -2.55. The summed E-state index contributed by atoms with van der Waals surface area (Å²) >= 11 is 0. The van der Waals surface area contributed by atoms with Gasteiger partial charge in [-0.25, -0.2) is 13.1 Å². The number of carbonyl (C=O) groups is 1. The van der Waals surface area contributed by atoms with Crippen LogP contribution >= 0.6 is 0 Å². The van der Waals surface area contributed by atoms with Crippen LogP contribution in [-0.4, -0.2) is 42.1 Å². The smallest absolute Gasteiger partial charge is 0.248 e. The Balaban J connectivity index is 1.33. The van der Waals surface area contributed by atoms with E-state index in [1.165, 1.54) is 18.2 Å². The molecule has 4 N–H and O–H groups in total. The molecule has 0 radical (unpaired) electrons. The quantitative estimate of drug-likeness (QED) is 0.421. The SMILES string of the molecule is CC(C)(O)[C@@H](NC(=O)C1CCC(NS(=O)(=O)c2ccc(-c3cc[nH]c(=O)c3)cc2)CC1)C1C=CC=CC1. The van der Waals surface area contributed by atoms with Crippen molar-refractivity contribution in [1.82, 2.24) is 15.0 Å². The van der Waals surface area contributed by atoms with Crippen molar-refractivity contribution in [3.63, 3.8) is 0 Å². The largest absolute Gasteiger partial charge is 0.388 e. The first-order chi connectivity index (χ1) is 17.5. The summed E-state index contributed by atoms with van der Waals surface area (Å²) in [5.74, 6) is -0.292. The van der Waals surface area contributed by atoms with E-state index >= 15 is 0 Å². The summed E-state index contributed by atoms with van der Waals surface area (Å²) in [7, 11) is -3.72. The molecule has 2 aromatic rings. The Morgan fingerprint density at radius 3 is 2.35 bits per heavy atom. The highest BCUT2D eigenvalue weighted by atomic mass is 32.2. The fraction of sp³-hybridized carbons (Fsp3) is 0.429. The Hall–Kier alpha value is -3.01. The fourth-order valence-electron chi connectivity index (χ4n) is 5.14. The Morgan fingerprint density at radius 1 is 1.05 bits per heavy atom. The van der Waals surface area contributed by atoms with Gasteiger partial charge in [-0.3, -0.25) is 9.59 Å². The van der Waals surface area contributed by atoms with Crippen LogP contribution in [0.5, 0.6) is 0 Å². The summed E-state index contributed by atoms with van der Waals surface area (Å²) in [5.41, 5.74) is 0.161. The van der Waals surface area contributed by atoms with Crippen LogP contribution in [-0.2, 0) is 14.8 Å². The maximum absolute atomic E-state index is 13.1. The molecule has 1 unspecified atom stereocenters. The molecule has 1 amide bonds. The molecule has 1 aromatic carbocycles. The summed E-state index contributed by atoms with van der Waals surface area (Å²) < 4.78 is 28.7. The third-order valence-corrected chi connectivity index (χ3v) is 8.73. The first kappa shape index (κ1) is 27.0. The highest BCUT2D eigenvalue weighted by Gasteiger charge is 2.36. The summed E-state index contributed by atoms with van der Waals surface area (Å²) in [5, 5.41) is 13.8. The maximum atomic E-state index is 13.1. The topological polar surface area (TPSA) is 128 Å². The minimum atomic E-state index is -3.72. The molecule has 1 saturated carbocycles. The number of aromatic amines is 1. The zero-order chi connectivity index (χ0) is 26.6. The molecule has 0 aliphatic heterocycles. The van der Waals surface area contributed by atoms with Crippen molar-refractivity contribution in [3.05, 3.63) is 77.3 Å². The van der Waals surface area contributed by atoms with Crippen LogP contribution in [0.25, 0.3) is 11.1 Å². The van der Waals surface area contributed by atoms with Crippen molar-refractivity contribution in [1.29, 1.82) is 0 Å². The van der Waals surface area contributed by atoms with Crippen LogP contribution in [0.3, 0.4) is 0 Å². The number of nitrogens with one attached hydrogen (secondary N) is 3. The average Bonchev–Trinajstić information content (AvgIpc) is 2.87. The molecule has 37 heavy (non-hydrogen) atoms. The predicted octanol–water partition coefficient (Wildman–Crippen LogP) is 3.27. The van der Waals surface area contributed by atoms with E-state index in [1.54, 1.807) is 38.2 Å². The molecule has 1 aromatic heterocycles. The molecule has 2 atom stereocenters. The second-order valence-electron chi connectivity index (χ2n) is 10.5. The van der Waals surface area contributed by atoms with Crippen LogP contribution in [0.2, 0.25) is 0 Å². The van der Waals surface area contributed by atoms with Crippen LogP contribution in [0.15, 0.2) is 76.6 Å². The molecule has 2 aliphatic carbocycles. The first-order valence-corrected chi connectivity index (χ1v) is 14.2. The van der Waals surface area contributed by atoms with Gasteiger partial charge in [0, 0.05) is 30.1 Å². The van der Waals surface area contributed by atoms with Crippen molar-refractivity contribution in [2.24, 2.45) is 11.8 Å². The van der Waals surface area contributed by atoms with Crippen molar-refractivity contribution in [3.8, 4) is 11.1 Å². The number of sulfonamides is 1. The van der Waals surface area contributed by atoms with E-state index < -0.39 is 21.7 Å². The van der Waals surface area contributed by atoms with Gasteiger partial charge in [-0.15, -0.1) is 0 Å². The number of carbonyl (C=O) groups excluding carboxylic acids is 1. The molecule has 0 saturated heterocycles. The normalized spacial score (nSPS) is 22.9. The number of aromatic nitrogens is 1. The average molecular weight is 526 g/mol. The lowest BCUT2D eigenvalue weighted by Gasteiger charge is -2.37. The van der Waals surface area contributed by atoms with Crippen molar-refractivity contribution < 1.29 is 18.3 Å². The van der Waals surface area contributed by atoms with Crippen LogP contribution < -0.4 is 15.6 Å². The molecule has 1 fully saturated rings. The standard InChI is InChI=1S/C28H35N3O5S/c1-28(2,34)26(20-6-4-3-5-7-20)30-27(33)21-8-12-23(13-9-21)31-37(35,36)24-14-10-19(11-15-24)22-16-17-29-25(32)18-22/h3-6,10-11,14-18,20-21,23,26,31,34H,7-9,12-13H2,1-2H3,(H,29,32)(H,30,33)/t20?,21?,23?,26-/m0/s1. The van der Waals surface area contributed by atoms with Gasteiger partial charge in [0.1, 0.15) is 0 Å². The Morgan fingerprint density at radius 2 is 1.76 bits per heavy atom. The summed E-state index contributed by atoms with van der Waals surface area (Å²) in [6, 6.07) is 8.98. The monoisotopic (exact) mass is 525 g/mol. The number of hydrogen-bond donors (Lipinski definition) is 4. The fourth-order valence-corrected chi connectivity index (χ4v) is 6.44. The molecular weight excluding hydrogens is 490 g/mol. The van der Waals surface area contributed by atoms with E-state index in [2.05, 4.69) is 15.0 Å². The first-order valence-electron chi connectivity index (χ1n) is 12.7. The Bertz CT molecular complexity index is 1310. The highest BCUT2D eigenvalue weighted by molar-refractivity contribution is 7.89. The number of amides is 1. The number of rotatable bonds is 8. The van der Waals surface area contributed by atoms with Gasteiger partial charge in [-0.1, -0.05) is 36.4 Å². The number of pyridine rings is 1. The molecule has 8 nitrogen and oxygen atoms in total. The van der Waals surface area contributed by atoms with E-state index in [0.717, 1.165) is 12.0 Å². The molecular formula is C28H35N3O5S. The minimum absolute atomic E-state index is 0.0195. The third-order valence-electron chi connectivity index (χ3n) is 7.19. The maximum Gasteiger partial charge on any atom is 0.248 e. The van der Waals surface area contributed by atoms with Crippen LogP contribution in [0, 0.1) is 11.8 Å². The van der Waals surface area contributed by atoms with Gasteiger partial charge in [-0.05, 0) is 75.3 Å². The summed E-state index contributed by atoms with van der Waals surface area (Å²) in [4.78, 5) is 27.3. The van der Waals surface area contributed by atoms with Gasteiger partial charge in [0.05, 0.1) is 16.5 Å². The molecule has 1 heterocycles. The zero-order valence-corrected chi connectivity index (χ0v) is 22.0. The summed E-state index contributed by atoms with van der Waals surface area (Å²) in [6.45, 7) is 3.42. The molecule has 0 spiro atoms. The number of hydrogen-bond acceptors (Lipinski definition) is 5. The Labute approximate surface area is 217 Å². The minimum Gasteiger partial charge on any atom is -0.388 e. The van der Waals surface area contributed by atoms with Crippen LogP contribution in [0.1, 0.15) is 46.0 Å². The van der Waals surface area contributed by atoms with Crippen molar-refractivity contribution in [2.45, 2.75) is 68.5 Å². The molecule has 4 rings (SSSR count). The van der Waals surface area contributed by atoms with Gasteiger partial charge >= 0.3 is 0 Å². The second-order valence-corrected chi connectivity index (χ2v) is 12.2. The van der Waals surface area contributed by atoms with E-state index in [4.69, 9.17) is 0 Å². The Kier molecular flexibility index (Phi) is 8.16. The van der Waals surface area contributed by atoms with E-state index in [-0.39, 0.29) is 34.2 Å². The van der Waals surface area contributed by atoms with Crippen LogP contribution in [0.4, 0.5) is 0 Å². The molecule has 198 valence electrons. The molecule has 9 heteroatoms. The van der Waals surface area contributed by atoms with Gasteiger partial charge < -0.3 is 15.4 Å². The van der Waals surface area contributed by atoms with Crippen molar-refractivity contribution in [2.75, 3.05) is 0 Å². The molecule has 2 aliphatic rings. The van der Waals surface area contributed by atoms with E-state index in [9.17, 15) is 23.1 Å². The summed E-state index contributed by atoms with van der Waals surface area (Å²) in [6.07, 6.45) is 12.5. The second kappa shape index (κ2) is 11.2. The number of aliphatic hydroxyl groups is 1. The molecule has 0 bridgehead atoms. The zero-order valence-electron chi connectivity index (χ0n) is 21.2. The predicted molar refractivity (Wildman–Crippen MR) is 143 cm³/mol. The lowest BCUT2D eigenvalue weighted by atomic mass is 9.81. The number of allylic oxidation sites excluding steroid dienone is 3. The van der Waals surface area contributed by atoms with Gasteiger partial charge in [0.15, 0.2) is 0 Å². The van der Waals surface area contributed by atoms with Gasteiger partial charge in [0.2, 0.25) is 21.5 Å².